The summed E-state index contributed by atoms with van der Waals surface area (Å²) >= 11 is 5.22. The van der Waals surface area contributed by atoms with Crippen molar-refractivity contribution in [2.24, 2.45) is 0 Å². The maximum Gasteiger partial charge on any atom is 0.137 e. The molecular formula is C11H12N2S. The summed E-state index contributed by atoms with van der Waals surface area (Å²) in [6.07, 6.45) is 1.01. The standard InChI is InChI=1S/C11H12N2S/c1-3-8-5-4-6-9-10(8)12-7(2)13-11(9)14/h4-6H,3H2,1-2H3,(H,12,13,14). The van der Waals surface area contributed by atoms with Gasteiger partial charge in [-0.15, -0.1) is 0 Å². The molecule has 0 aliphatic carbocycles. The number of nitrogens with zero attached hydrogens (tertiary/aromatic N) is 1. The van der Waals surface area contributed by atoms with Gasteiger partial charge in [0.2, 0.25) is 0 Å². The number of rotatable bonds is 1. The monoisotopic (exact) mass is 204 g/mol. The molecule has 0 saturated heterocycles. The predicted octanol–water partition coefficient (Wildman–Crippen LogP) is 3.16. The molecule has 0 radical (unpaired) electrons. The number of aromatic amines is 1. The lowest BCUT2D eigenvalue weighted by molar-refractivity contribution is 1.06. The van der Waals surface area contributed by atoms with Crippen LogP contribution in [0.15, 0.2) is 18.2 Å². The van der Waals surface area contributed by atoms with E-state index in [1.165, 1.54) is 5.56 Å². The summed E-state index contributed by atoms with van der Waals surface area (Å²) in [5, 5.41) is 1.05. The maximum absolute atomic E-state index is 5.22. The van der Waals surface area contributed by atoms with E-state index in [4.69, 9.17) is 12.2 Å². The summed E-state index contributed by atoms with van der Waals surface area (Å²) in [4.78, 5) is 7.51. The molecule has 0 bridgehead atoms. The van der Waals surface area contributed by atoms with Gasteiger partial charge < -0.3 is 4.98 Å². The molecule has 2 nitrogen and oxygen atoms in total. The fourth-order valence-corrected chi connectivity index (χ4v) is 1.95. The van der Waals surface area contributed by atoms with E-state index in [1.54, 1.807) is 0 Å². The van der Waals surface area contributed by atoms with Gasteiger partial charge >= 0.3 is 0 Å². The van der Waals surface area contributed by atoms with Gasteiger partial charge in [-0.25, -0.2) is 4.98 Å². The number of para-hydroxylation sites is 1. The average molecular weight is 204 g/mol. The first-order valence-electron chi connectivity index (χ1n) is 4.71. The Morgan fingerprint density at radius 3 is 2.93 bits per heavy atom. The molecule has 72 valence electrons. The van der Waals surface area contributed by atoms with Crippen LogP contribution in [-0.2, 0) is 6.42 Å². The van der Waals surface area contributed by atoms with Crippen LogP contribution >= 0.6 is 12.2 Å². The normalized spacial score (nSPS) is 10.7. The van der Waals surface area contributed by atoms with E-state index in [0.29, 0.717) is 4.64 Å². The van der Waals surface area contributed by atoms with Crippen LogP contribution in [0, 0.1) is 11.6 Å². The second-order valence-corrected chi connectivity index (χ2v) is 3.71. The number of hydrogen-bond donors (Lipinski definition) is 1. The zero-order valence-corrected chi connectivity index (χ0v) is 9.11. The average Bonchev–Trinajstić information content (AvgIpc) is 2.17. The van der Waals surface area contributed by atoms with Crippen molar-refractivity contribution in [3.05, 3.63) is 34.2 Å². The lowest BCUT2D eigenvalue weighted by atomic mass is 10.1. The van der Waals surface area contributed by atoms with E-state index in [1.807, 2.05) is 19.1 Å². The summed E-state index contributed by atoms with van der Waals surface area (Å²) in [5.74, 6) is 0.878. The van der Waals surface area contributed by atoms with Gasteiger partial charge in [-0.1, -0.05) is 31.3 Å². The van der Waals surface area contributed by atoms with Gasteiger partial charge in [-0.2, -0.15) is 0 Å². The number of nitrogens with one attached hydrogen (secondary N) is 1. The van der Waals surface area contributed by atoms with E-state index in [9.17, 15) is 0 Å². The molecule has 1 heterocycles. The Hall–Kier alpha value is -1.22. The maximum atomic E-state index is 5.22. The molecule has 0 fully saturated rings. The SMILES string of the molecule is CCc1cccc2c(=S)nc(C)[nH]c12. The van der Waals surface area contributed by atoms with Crippen LogP contribution in [0.3, 0.4) is 0 Å². The Balaban J connectivity index is 2.94. The topological polar surface area (TPSA) is 28.7 Å². The van der Waals surface area contributed by atoms with Gasteiger partial charge in [0.25, 0.3) is 0 Å². The van der Waals surface area contributed by atoms with Crippen molar-refractivity contribution >= 4 is 23.1 Å². The molecule has 1 N–H and O–H groups in total. The largest absolute Gasteiger partial charge is 0.343 e. The number of H-pyrrole nitrogens is 1. The molecule has 14 heavy (non-hydrogen) atoms. The van der Waals surface area contributed by atoms with Gasteiger partial charge in [0.05, 0.1) is 5.52 Å². The molecule has 0 atom stereocenters. The summed E-state index contributed by atoms with van der Waals surface area (Å²) in [6, 6.07) is 6.16. The highest BCUT2D eigenvalue weighted by atomic mass is 32.1. The Kier molecular flexibility index (Phi) is 2.33. The Labute approximate surface area is 88.0 Å². The smallest absolute Gasteiger partial charge is 0.137 e. The van der Waals surface area contributed by atoms with Crippen LogP contribution in [0.2, 0.25) is 0 Å². The molecule has 3 heteroatoms. The van der Waals surface area contributed by atoms with Crippen molar-refractivity contribution in [1.29, 1.82) is 0 Å². The minimum Gasteiger partial charge on any atom is -0.343 e. The zero-order valence-electron chi connectivity index (χ0n) is 8.29. The first kappa shape index (κ1) is 9.34. The van der Waals surface area contributed by atoms with E-state index >= 15 is 0 Å². The number of benzene rings is 1. The third-order valence-corrected chi connectivity index (χ3v) is 2.65. The van der Waals surface area contributed by atoms with Crippen LogP contribution in [-0.4, -0.2) is 9.97 Å². The molecule has 1 aromatic heterocycles. The van der Waals surface area contributed by atoms with Crippen LogP contribution in [0.1, 0.15) is 18.3 Å². The van der Waals surface area contributed by atoms with Gasteiger partial charge in [0.15, 0.2) is 0 Å². The Bertz CT molecular complexity index is 528. The van der Waals surface area contributed by atoms with Crippen molar-refractivity contribution in [1.82, 2.24) is 9.97 Å². The molecule has 2 aromatic rings. The van der Waals surface area contributed by atoms with Gasteiger partial charge in [0.1, 0.15) is 10.5 Å². The first-order chi connectivity index (χ1) is 6.72. The summed E-state index contributed by atoms with van der Waals surface area (Å²) < 4.78 is 0.687. The van der Waals surface area contributed by atoms with Crippen molar-refractivity contribution in [2.45, 2.75) is 20.3 Å². The zero-order chi connectivity index (χ0) is 10.1. The third-order valence-electron chi connectivity index (χ3n) is 2.34. The van der Waals surface area contributed by atoms with E-state index in [0.717, 1.165) is 23.1 Å². The second kappa shape index (κ2) is 3.50. The molecule has 0 aliphatic rings. The highest BCUT2D eigenvalue weighted by molar-refractivity contribution is 7.71. The van der Waals surface area contributed by atoms with Crippen LogP contribution in [0.25, 0.3) is 10.9 Å². The molecule has 0 unspecified atom stereocenters. The van der Waals surface area contributed by atoms with E-state index in [-0.39, 0.29) is 0 Å². The second-order valence-electron chi connectivity index (χ2n) is 3.32. The summed E-state index contributed by atoms with van der Waals surface area (Å²) in [6.45, 7) is 4.07. The first-order valence-corrected chi connectivity index (χ1v) is 5.11. The molecule has 0 spiro atoms. The third kappa shape index (κ3) is 1.44. The minimum atomic E-state index is 0.687. The minimum absolute atomic E-state index is 0.687. The van der Waals surface area contributed by atoms with Crippen molar-refractivity contribution in [3.8, 4) is 0 Å². The van der Waals surface area contributed by atoms with Gasteiger partial charge in [0, 0.05) is 5.39 Å². The summed E-state index contributed by atoms with van der Waals surface area (Å²) in [7, 11) is 0. The quantitative estimate of drug-likeness (QED) is 0.723. The van der Waals surface area contributed by atoms with Crippen molar-refractivity contribution in [3.63, 3.8) is 0 Å². The van der Waals surface area contributed by atoms with Crippen LogP contribution in [0.4, 0.5) is 0 Å². The molecule has 2 rings (SSSR count). The van der Waals surface area contributed by atoms with E-state index < -0.39 is 0 Å². The molecule has 0 saturated carbocycles. The molecular weight excluding hydrogens is 192 g/mol. The summed E-state index contributed by atoms with van der Waals surface area (Å²) in [5.41, 5.74) is 2.42. The highest BCUT2D eigenvalue weighted by Crippen LogP contribution is 2.17. The predicted molar refractivity (Wildman–Crippen MR) is 61.0 cm³/mol. The number of fused-ring (bicyclic) bond motifs is 1. The number of aryl methyl sites for hydroxylation is 2. The van der Waals surface area contributed by atoms with Crippen LogP contribution < -0.4 is 0 Å². The molecule has 0 amide bonds. The fourth-order valence-electron chi connectivity index (χ4n) is 1.64. The molecule has 1 aromatic carbocycles. The van der Waals surface area contributed by atoms with Gasteiger partial charge in [-0.3, -0.25) is 0 Å². The lowest BCUT2D eigenvalue weighted by Gasteiger charge is -2.04. The number of hydrogen-bond acceptors (Lipinski definition) is 2. The van der Waals surface area contributed by atoms with Gasteiger partial charge in [-0.05, 0) is 25.0 Å². The number of aromatic nitrogens is 2. The fraction of sp³-hybridized carbons (Fsp3) is 0.273. The highest BCUT2D eigenvalue weighted by Gasteiger charge is 2.01. The Morgan fingerprint density at radius 1 is 1.43 bits per heavy atom. The molecule has 0 aliphatic heterocycles. The van der Waals surface area contributed by atoms with Crippen LogP contribution in [0.5, 0.6) is 0 Å². The Morgan fingerprint density at radius 2 is 2.21 bits per heavy atom. The van der Waals surface area contributed by atoms with Crippen molar-refractivity contribution in [2.75, 3.05) is 0 Å². The van der Waals surface area contributed by atoms with E-state index in [2.05, 4.69) is 23.0 Å². The van der Waals surface area contributed by atoms with Crippen molar-refractivity contribution < 1.29 is 0 Å². The lowest BCUT2D eigenvalue weighted by Crippen LogP contribution is -1.93.